The molecule has 0 aliphatic carbocycles. The summed E-state index contributed by atoms with van der Waals surface area (Å²) >= 11 is 0. The highest BCUT2D eigenvalue weighted by molar-refractivity contribution is 4.68. The molecule has 0 saturated carbocycles. The van der Waals surface area contributed by atoms with Crippen molar-refractivity contribution >= 4 is 0 Å². The van der Waals surface area contributed by atoms with E-state index in [0.717, 1.165) is 0 Å². The van der Waals surface area contributed by atoms with Crippen LogP contribution in [0, 0.1) is 0 Å². The maximum Gasteiger partial charge on any atom is 0.0622 e. The molecular weight excluding hydrogens is 172 g/mol. The van der Waals surface area contributed by atoms with Crippen molar-refractivity contribution in [1.82, 2.24) is 0 Å². The molecule has 0 aromatic heterocycles. The summed E-state index contributed by atoms with van der Waals surface area (Å²) in [5.41, 5.74) is 0.0706. The van der Waals surface area contributed by atoms with Gasteiger partial charge in [0.25, 0.3) is 0 Å². The lowest BCUT2D eigenvalue weighted by molar-refractivity contribution is 0.0134. The Bertz CT molecular complexity index is 138. The Morgan fingerprint density at radius 1 is 1.07 bits per heavy atom. The highest BCUT2D eigenvalue weighted by Gasteiger charge is 2.14. The van der Waals surface area contributed by atoms with Gasteiger partial charge in [0.15, 0.2) is 0 Å². The van der Waals surface area contributed by atoms with E-state index in [2.05, 4.69) is 20.4 Å². The molecule has 0 heterocycles. The van der Waals surface area contributed by atoms with E-state index in [9.17, 15) is 0 Å². The van der Waals surface area contributed by atoms with E-state index in [1.807, 2.05) is 6.08 Å². The minimum Gasteiger partial charge on any atom is -0.379 e. The van der Waals surface area contributed by atoms with Gasteiger partial charge in [-0.1, -0.05) is 31.8 Å². The second-order valence-electron chi connectivity index (χ2n) is 4.56. The lowest BCUT2D eigenvalue weighted by Crippen LogP contribution is -2.21. The van der Waals surface area contributed by atoms with E-state index in [-0.39, 0.29) is 5.60 Å². The van der Waals surface area contributed by atoms with Crippen LogP contribution in [0.4, 0.5) is 0 Å². The fourth-order valence-electron chi connectivity index (χ4n) is 1.47. The Balaban J connectivity index is 3.17. The Morgan fingerprint density at radius 2 is 1.64 bits per heavy atom. The zero-order valence-electron chi connectivity index (χ0n) is 10.1. The van der Waals surface area contributed by atoms with Gasteiger partial charge in [0.2, 0.25) is 0 Å². The number of hydrogen-bond acceptors (Lipinski definition) is 1. The monoisotopic (exact) mass is 198 g/mol. The molecule has 0 rings (SSSR count). The van der Waals surface area contributed by atoms with Crippen molar-refractivity contribution in [3.8, 4) is 0 Å². The van der Waals surface area contributed by atoms with Gasteiger partial charge in [-0.3, -0.25) is 0 Å². The van der Waals surface area contributed by atoms with E-state index < -0.39 is 0 Å². The van der Waals surface area contributed by atoms with E-state index in [0.29, 0.717) is 0 Å². The van der Waals surface area contributed by atoms with Crippen LogP contribution in [-0.2, 0) is 4.74 Å². The predicted octanol–water partition coefficient (Wildman–Crippen LogP) is 4.33. The average Bonchev–Trinajstić information content (AvgIpc) is 2.16. The van der Waals surface area contributed by atoms with Crippen molar-refractivity contribution in [2.24, 2.45) is 0 Å². The quantitative estimate of drug-likeness (QED) is 0.396. The van der Waals surface area contributed by atoms with E-state index in [1.54, 1.807) is 7.11 Å². The van der Waals surface area contributed by atoms with E-state index in [1.165, 1.54) is 44.9 Å². The smallest absolute Gasteiger partial charge is 0.0622 e. The predicted molar refractivity (Wildman–Crippen MR) is 63.6 cm³/mol. The van der Waals surface area contributed by atoms with Crippen LogP contribution in [0.5, 0.6) is 0 Å². The molecule has 0 atom stereocenters. The molecule has 0 aromatic carbocycles. The molecule has 0 aliphatic heterocycles. The van der Waals surface area contributed by atoms with Gasteiger partial charge in [0, 0.05) is 7.11 Å². The number of hydrogen-bond donors (Lipinski definition) is 0. The molecule has 0 aromatic rings. The number of allylic oxidation sites excluding steroid dienone is 1. The lowest BCUT2D eigenvalue weighted by atomic mass is 9.99. The summed E-state index contributed by atoms with van der Waals surface area (Å²) in [6.07, 6.45) is 11.0. The van der Waals surface area contributed by atoms with Crippen molar-refractivity contribution in [2.45, 2.75) is 64.4 Å². The molecule has 0 saturated heterocycles. The van der Waals surface area contributed by atoms with Crippen LogP contribution in [0.2, 0.25) is 0 Å². The summed E-state index contributed by atoms with van der Waals surface area (Å²) in [6.45, 7) is 8.04. The van der Waals surface area contributed by atoms with Gasteiger partial charge in [-0.25, -0.2) is 0 Å². The first-order valence-corrected chi connectivity index (χ1v) is 5.78. The highest BCUT2D eigenvalue weighted by Crippen LogP contribution is 2.18. The zero-order valence-corrected chi connectivity index (χ0v) is 10.1. The summed E-state index contributed by atoms with van der Waals surface area (Å²) in [6, 6.07) is 0. The molecule has 0 N–H and O–H groups in total. The van der Waals surface area contributed by atoms with Crippen LogP contribution in [0.25, 0.3) is 0 Å². The van der Waals surface area contributed by atoms with Crippen molar-refractivity contribution in [2.75, 3.05) is 7.11 Å². The molecule has 0 aliphatic rings. The molecule has 14 heavy (non-hydrogen) atoms. The topological polar surface area (TPSA) is 9.23 Å². The van der Waals surface area contributed by atoms with Crippen molar-refractivity contribution in [3.63, 3.8) is 0 Å². The van der Waals surface area contributed by atoms with Gasteiger partial charge >= 0.3 is 0 Å². The average molecular weight is 198 g/mol. The molecule has 0 bridgehead atoms. The molecule has 1 heteroatoms. The zero-order chi connectivity index (χ0) is 10.9. The third kappa shape index (κ3) is 8.31. The Labute approximate surface area is 89.5 Å². The Kier molecular flexibility index (Phi) is 7.87. The normalized spacial score (nSPS) is 11.6. The van der Waals surface area contributed by atoms with Crippen molar-refractivity contribution in [3.05, 3.63) is 12.7 Å². The number of ether oxygens (including phenoxy) is 1. The fraction of sp³-hybridized carbons (Fsp3) is 0.846. The van der Waals surface area contributed by atoms with Crippen LogP contribution in [0.1, 0.15) is 58.8 Å². The third-order valence-electron chi connectivity index (χ3n) is 2.74. The first-order chi connectivity index (χ1) is 6.62. The first kappa shape index (κ1) is 13.7. The molecule has 84 valence electrons. The minimum atomic E-state index is 0.0706. The molecule has 1 nitrogen and oxygen atoms in total. The number of unbranched alkanes of at least 4 members (excludes halogenated alkanes) is 5. The van der Waals surface area contributed by atoms with Crippen LogP contribution < -0.4 is 0 Å². The highest BCUT2D eigenvalue weighted by atomic mass is 16.5. The van der Waals surface area contributed by atoms with Gasteiger partial charge in [-0.15, -0.1) is 6.58 Å². The summed E-state index contributed by atoms with van der Waals surface area (Å²) in [4.78, 5) is 0. The minimum absolute atomic E-state index is 0.0706. The standard InChI is InChI=1S/C13H26O/c1-5-6-7-8-9-10-11-12-13(2,3)14-4/h5H,1,6-12H2,2-4H3. The SMILES string of the molecule is C=CCCCCCCCC(C)(C)OC. The molecule has 0 radical (unpaired) electrons. The second-order valence-corrected chi connectivity index (χ2v) is 4.56. The molecule has 0 spiro atoms. The van der Waals surface area contributed by atoms with E-state index in [4.69, 9.17) is 4.74 Å². The summed E-state index contributed by atoms with van der Waals surface area (Å²) in [7, 11) is 1.80. The van der Waals surface area contributed by atoms with Gasteiger partial charge in [0.05, 0.1) is 5.60 Å². The number of methoxy groups -OCH3 is 1. The van der Waals surface area contributed by atoms with Gasteiger partial charge in [-0.2, -0.15) is 0 Å². The summed E-state index contributed by atoms with van der Waals surface area (Å²) in [5, 5.41) is 0. The second kappa shape index (κ2) is 8.05. The van der Waals surface area contributed by atoms with Crippen LogP contribution in [0.15, 0.2) is 12.7 Å². The van der Waals surface area contributed by atoms with Crippen LogP contribution in [0.3, 0.4) is 0 Å². The van der Waals surface area contributed by atoms with Crippen molar-refractivity contribution < 1.29 is 4.74 Å². The van der Waals surface area contributed by atoms with Gasteiger partial charge in [-0.05, 0) is 33.1 Å². The van der Waals surface area contributed by atoms with Gasteiger partial charge < -0.3 is 4.74 Å². The molecule has 0 amide bonds. The fourth-order valence-corrected chi connectivity index (χ4v) is 1.47. The summed E-state index contributed by atoms with van der Waals surface area (Å²) < 4.78 is 5.37. The number of rotatable bonds is 9. The van der Waals surface area contributed by atoms with E-state index >= 15 is 0 Å². The van der Waals surface area contributed by atoms with Crippen molar-refractivity contribution in [1.29, 1.82) is 0 Å². The Morgan fingerprint density at radius 3 is 2.21 bits per heavy atom. The largest absolute Gasteiger partial charge is 0.379 e. The summed E-state index contributed by atoms with van der Waals surface area (Å²) in [5.74, 6) is 0. The lowest BCUT2D eigenvalue weighted by Gasteiger charge is -2.22. The molecule has 0 unspecified atom stereocenters. The molecule has 0 fully saturated rings. The van der Waals surface area contributed by atoms with Crippen LogP contribution >= 0.6 is 0 Å². The maximum absolute atomic E-state index is 5.37. The Hall–Kier alpha value is -0.300. The first-order valence-electron chi connectivity index (χ1n) is 5.78. The molecular formula is C13H26O. The van der Waals surface area contributed by atoms with Gasteiger partial charge in [0.1, 0.15) is 0 Å². The maximum atomic E-state index is 5.37. The third-order valence-corrected chi connectivity index (χ3v) is 2.74. The van der Waals surface area contributed by atoms with Crippen LogP contribution in [-0.4, -0.2) is 12.7 Å².